The van der Waals surface area contributed by atoms with Gasteiger partial charge in [-0.15, -0.1) is 0 Å². The van der Waals surface area contributed by atoms with Gasteiger partial charge in [-0.2, -0.15) is 0 Å². The van der Waals surface area contributed by atoms with E-state index in [0.29, 0.717) is 31.3 Å². The van der Waals surface area contributed by atoms with Crippen molar-refractivity contribution in [3.05, 3.63) is 65.9 Å². The fourth-order valence-corrected chi connectivity index (χ4v) is 3.88. The predicted octanol–water partition coefficient (Wildman–Crippen LogP) is 3.73. The van der Waals surface area contributed by atoms with Crippen LogP contribution in [0.25, 0.3) is 6.08 Å². The van der Waals surface area contributed by atoms with Crippen LogP contribution in [0.5, 0.6) is 0 Å². The number of rotatable bonds is 9. The van der Waals surface area contributed by atoms with Gasteiger partial charge in [0.2, 0.25) is 5.91 Å². The maximum atomic E-state index is 14.0. The van der Waals surface area contributed by atoms with Crippen molar-refractivity contribution < 1.29 is 13.6 Å². The number of nitrogens with zero attached hydrogens (tertiary/aromatic N) is 3. The van der Waals surface area contributed by atoms with Crippen molar-refractivity contribution in [3.63, 3.8) is 0 Å². The Bertz CT molecular complexity index is 820. The Hall–Kier alpha value is -2.44. The molecule has 0 radical (unpaired) electrons. The SMILES string of the molecule is CN(C)CCN(CC1CCCN(Cc2ccccc2F)C1)C(=O)/C=C/c1ccco1. The van der Waals surface area contributed by atoms with Gasteiger partial charge in [0.15, 0.2) is 0 Å². The molecule has 1 aromatic carbocycles. The molecule has 1 aliphatic rings. The van der Waals surface area contributed by atoms with Gasteiger partial charge in [0.05, 0.1) is 6.26 Å². The minimum atomic E-state index is -0.148. The number of benzene rings is 1. The normalized spacial score (nSPS) is 17.7. The monoisotopic (exact) mass is 413 g/mol. The highest BCUT2D eigenvalue weighted by Gasteiger charge is 2.24. The van der Waals surface area contributed by atoms with Gasteiger partial charge >= 0.3 is 0 Å². The van der Waals surface area contributed by atoms with E-state index in [4.69, 9.17) is 4.42 Å². The molecule has 0 saturated carbocycles. The molecule has 3 rings (SSSR count). The summed E-state index contributed by atoms with van der Waals surface area (Å²) < 4.78 is 19.3. The molecule has 1 atom stereocenters. The molecule has 2 heterocycles. The quantitative estimate of drug-likeness (QED) is 0.588. The number of piperidine rings is 1. The van der Waals surface area contributed by atoms with Crippen LogP contribution in [-0.2, 0) is 11.3 Å². The fraction of sp³-hybridized carbons (Fsp3) is 0.458. The lowest BCUT2D eigenvalue weighted by molar-refractivity contribution is -0.127. The van der Waals surface area contributed by atoms with E-state index in [1.807, 2.05) is 37.2 Å². The lowest BCUT2D eigenvalue weighted by Gasteiger charge is -2.36. The third-order valence-electron chi connectivity index (χ3n) is 5.50. The van der Waals surface area contributed by atoms with Crippen LogP contribution in [0.4, 0.5) is 4.39 Å². The van der Waals surface area contributed by atoms with Crippen LogP contribution in [0.3, 0.4) is 0 Å². The summed E-state index contributed by atoms with van der Waals surface area (Å²) in [5, 5.41) is 0. The predicted molar refractivity (Wildman–Crippen MR) is 117 cm³/mol. The molecule has 0 N–H and O–H groups in total. The first-order valence-electron chi connectivity index (χ1n) is 10.6. The van der Waals surface area contributed by atoms with E-state index in [2.05, 4.69) is 9.80 Å². The second-order valence-electron chi connectivity index (χ2n) is 8.27. The van der Waals surface area contributed by atoms with Gasteiger partial charge in [-0.1, -0.05) is 18.2 Å². The zero-order valence-corrected chi connectivity index (χ0v) is 18.0. The average molecular weight is 414 g/mol. The molecule has 6 heteroatoms. The lowest BCUT2D eigenvalue weighted by Crippen LogP contribution is -2.44. The number of carbonyl (C=O) groups excluding carboxylic acids is 1. The molecule has 2 aromatic rings. The number of carbonyl (C=O) groups is 1. The van der Waals surface area contributed by atoms with Gasteiger partial charge in [-0.05, 0) is 63.7 Å². The van der Waals surface area contributed by atoms with E-state index >= 15 is 0 Å². The van der Waals surface area contributed by atoms with Crippen molar-refractivity contribution in [2.24, 2.45) is 5.92 Å². The van der Waals surface area contributed by atoms with Crippen molar-refractivity contribution >= 4 is 12.0 Å². The van der Waals surface area contributed by atoms with Crippen molar-refractivity contribution in [3.8, 4) is 0 Å². The molecule has 162 valence electrons. The first-order chi connectivity index (χ1) is 14.5. The Kier molecular flexibility index (Phi) is 8.22. The van der Waals surface area contributed by atoms with Gasteiger partial charge in [-0.25, -0.2) is 4.39 Å². The second-order valence-corrected chi connectivity index (χ2v) is 8.27. The van der Waals surface area contributed by atoms with Gasteiger partial charge in [0, 0.05) is 44.4 Å². The third kappa shape index (κ3) is 6.82. The van der Waals surface area contributed by atoms with Crippen LogP contribution in [0, 0.1) is 11.7 Å². The second kappa shape index (κ2) is 11.1. The first kappa shape index (κ1) is 22.2. The standard InChI is InChI=1S/C24H32FN3O2/c1-26(2)14-15-28(24(29)12-11-22-9-6-16-30-22)18-20-7-5-13-27(17-20)19-21-8-3-4-10-23(21)25/h3-4,6,8-12,16,20H,5,7,13-15,17-19H2,1-2H3/b12-11+. The molecule has 1 aromatic heterocycles. The molecule has 1 saturated heterocycles. The molecule has 1 fully saturated rings. The van der Waals surface area contributed by atoms with E-state index in [9.17, 15) is 9.18 Å². The zero-order chi connectivity index (χ0) is 21.3. The number of likely N-dealkylation sites (tertiary alicyclic amines) is 1. The Morgan fingerprint density at radius 1 is 1.23 bits per heavy atom. The fourth-order valence-electron chi connectivity index (χ4n) is 3.88. The van der Waals surface area contributed by atoms with Crippen LogP contribution in [0.2, 0.25) is 0 Å². The highest BCUT2D eigenvalue weighted by atomic mass is 19.1. The summed E-state index contributed by atoms with van der Waals surface area (Å²) in [5.41, 5.74) is 0.736. The number of likely N-dealkylation sites (N-methyl/N-ethyl adjacent to an activating group) is 1. The lowest BCUT2D eigenvalue weighted by atomic mass is 9.96. The smallest absolute Gasteiger partial charge is 0.246 e. The highest BCUT2D eigenvalue weighted by molar-refractivity contribution is 5.91. The largest absolute Gasteiger partial charge is 0.465 e. The van der Waals surface area contributed by atoms with Crippen molar-refractivity contribution in [1.82, 2.24) is 14.7 Å². The number of halogens is 1. The number of furan rings is 1. The molecular weight excluding hydrogens is 381 g/mol. The number of hydrogen-bond donors (Lipinski definition) is 0. The zero-order valence-electron chi connectivity index (χ0n) is 18.0. The van der Waals surface area contributed by atoms with E-state index in [1.165, 1.54) is 6.07 Å². The van der Waals surface area contributed by atoms with Crippen LogP contribution in [-0.4, -0.2) is 67.4 Å². The number of amides is 1. The van der Waals surface area contributed by atoms with Crippen LogP contribution in [0.15, 0.2) is 53.2 Å². The Balaban J connectivity index is 1.60. The summed E-state index contributed by atoms with van der Waals surface area (Å²) in [7, 11) is 4.02. The summed E-state index contributed by atoms with van der Waals surface area (Å²) in [6.07, 6.45) is 7.06. The molecule has 5 nitrogen and oxygen atoms in total. The maximum absolute atomic E-state index is 14.0. The maximum Gasteiger partial charge on any atom is 0.246 e. The van der Waals surface area contributed by atoms with Crippen molar-refractivity contribution in [1.29, 1.82) is 0 Å². The summed E-state index contributed by atoms with van der Waals surface area (Å²) in [6.45, 7) is 4.66. The number of hydrogen-bond acceptors (Lipinski definition) is 4. The molecule has 0 spiro atoms. The van der Waals surface area contributed by atoms with Crippen LogP contribution in [0.1, 0.15) is 24.2 Å². The average Bonchev–Trinajstić information content (AvgIpc) is 3.25. The Morgan fingerprint density at radius 3 is 2.80 bits per heavy atom. The van der Waals surface area contributed by atoms with Crippen LogP contribution < -0.4 is 0 Å². The Morgan fingerprint density at radius 2 is 2.07 bits per heavy atom. The first-order valence-corrected chi connectivity index (χ1v) is 10.6. The van der Waals surface area contributed by atoms with Gasteiger partial charge in [0.25, 0.3) is 0 Å². The summed E-state index contributed by atoms with van der Waals surface area (Å²) in [4.78, 5) is 19.2. The van der Waals surface area contributed by atoms with E-state index in [1.54, 1.807) is 30.5 Å². The minimum Gasteiger partial charge on any atom is -0.465 e. The van der Waals surface area contributed by atoms with Gasteiger partial charge < -0.3 is 14.2 Å². The highest BCUT2D eigenvalue weighted by Crippen LogP contribution is 2.21. The minimum absolute atomic E-state index is 0.000484. The third-order valence-corrected chi connectivity index (χ3v) is 5.50. The van der Waals surface area contributed by atoms with Crippen LogP contribution >= 0.6 is 0 Å². The molecular formula is C24H32FN3O2. The van der Waals surface area contributed by atoms with E-state index in [-0.39, 0.29) is 11.7 Å². The summed E-state index contributed by atoms with van der Waals surface area (Å²) >= 11 is 0. The topological polar surface area (TPSA) is 39.9 Å². The molecule has 30 heavy (non-hydrogen) atoms. The molecule has 1 amide bonds. The van der Waals surface area contributed by atoms with Gasteiger partial charge in [0.1, 0.15) is 11.6 Å². The summed E-state index contributed by atoms with van der Waals surface area (Å²) in [5.74, 6) is 0.906. The molecule has 1 unspecified atom stereocenters. The molecule has 1 aliphatic heterocycles. The van der Waals surface area contributed by atoms with Crippen molar-refractivity contribution in [2.45, 2.75) is 19.4 Å². The Labute approximate surface area is 178 Å². The van der Waals surface area contributed by atoms with Gasteiger partial charge in [-0.3, -0.25) is 9.69 Å². The van der Waals surface area contributed by atoms with E-state index in [0.717, 1.165) is 38.0 Å². The molecule has 0 aliphatic carbocycles. The summed E-state index contributed by atoms with van der Waals surface area (Å²) in [6, 6.07) is 10.6. The van der Waals surface area contributed by atoms with E-state index < -0.39 is 0 Å². The van der Waals surface area contributed by atoms with Crippen molar-refractivity contribution in [2.75, 3.05) is 46.8 Å². The molecule has 0 bridgehead atoms.